The number of nitrogens with two attached hydrogens (primary N) is 1. The Kier molecular flexibility index (Phi) is 3.65. The molecular weight excluding hydrogens is 198 g/mol. The molecule has 0 amide bonds. The van der Waals surface area contributed by atoms with Crippen molar-refractivity contribution in [3.63, 3.8) is 0 Å². The zero-order valence-electron chi connectivity index (χ0n) is 10.0. The van der Waals surface area contributed by atoms with Crippen LogP contribution in [0, 0.1) is 5.92 Å². The van der Waals surface area contributed by atoms with Crippen molar-refractivity contribution >= 4 is 11.5 Å². The maximum absolute atomic E-state index is 5.79. The summed E-state index contributed by atoms with van der Waals surface area (Å²) in [7, 11) is 0. The maximum Gasteiger partial charge on any atom is 0.130 e. The van der Waals surface area contributed by atoms with E-state index in [1.54, 1.807) is 6.20 Å². The molecule has 0 bridgehead atoms. The fourth-order valence-corrected chi connectivity index (χ4v) is 2.41. The van der Waals surface area contributed by atoms with Crippen LogP contribution in [0.25, 0.3) is 0 Å². The molecular formula is C13H21N3. The third-order valence-electron chi connectivity index (χ3n) is 3.52. The van der Waals surface area contributed by atoms with Gasteiger partial charge in [-0.25, -0.2) is 4.98 Å². The van der Waals surface area contributed by atoms with E-state index < -0.39 is 0 Å². The fourth-order valence-electron chi connectivity index (χ4n) is 2.41. The monoisotopic (exact) mass is 219 g/mol. The number of aromatic nitrogens is 1. The summed E-state index contributed by atoms with van der Waals surface area (Å²) < 4.78 is 0. The Morgan fingerprint density at radius 2 is 2.31 bits per heavy atom. The van der Waals surface area contributed by atoms with Crippen molar-refractivity contribution in [2.75, 3.05) is 23.7 Å². The molecule has 1 aliphatic heterocycles. The molecule has 2 N–H and O–H groups in total. The zero-order chi connectivity index (χ0) is 11.4. The minimum atomic E-state index is 0.807. The second kappa shape index (κ2) is 5.19. The van der Waals surface area contributed by atoms with E-state index in [2.05, 4.69) is 16.8 Å². The minimum absolute atomic E-state index is 0.807. The average molecular weight is 219 g/mol. The van der Waals surface area contributed by atoms with Crippen molar-refractivity contribution in [1.29, 1.82) is 0 Å². The van der Waals surface area contributed by atoms with Crippen molar-refractivity contribution in [2.24, 2.45) is 5.92 Å². The van der Waals surface area contributed by atoms with Crippen molar-refractivity contribution in [3.8, 4) is 0 Å². The van der Waals surface area contributed by atoms with Crippen LogP contribution in [0.4, 0.5) is 11.5 Å². The topological polar surface area (TPSA) is 42.1 Å². The van der Waals surface area contributed by atoms with Gasteiger partial charge in [0.1, 0.15) is 5.82 Å². The SMILES string of the molecule is CCC1CCCN(c2cc(N)ccn2)CC1. The van der Waals surface area contributed by atoms with Gasteiger partial charge in [0.15, 0.2) is 0 Å². The molecule has 16 heavy (non-hydrogen) atoms. The standard InChI is InChI=1S/C13H21N3/c1-2-11-4-3-8-16(9-6-11)13-10-12(14)5-7-15-13/h5,7,10-11H,2-4,6,8-9H2,1H3,(H2,14,15). The van der Waals surface area contributed by atoms with Crippen LogP contribution < -0.4 is 10.6 Å². The molecule has 1 fully saturated rings. The molecule has 1 aromatic heterocycles. The first-order valence-corrected chi connectivity index (χ1v) is 6.26. The van der Waals surface area contributed by atoms with E-state index >= 15 is 0 Å². The van der Waals surface area contributed by atoms with Gasteiger partial charge in [-0.05, 0) is 31.2 Å². The largest absolute Gasteiger partial charge is 0.399 e. The summed E-state index contributed by atoms with van der Waals surface area (Å²) in [6, 6.07) is 3.82. The van der Waals surface area contributed by atoms with Crippen LogP contribution in [0.1, 0.15) is 32.6 Å². The lowest BCUT2D eigenvalue weighted by Crippen LogP contribution is -2.25. The van der Waals surface area contributed by atoms with Crippen LogP contribution in [-0.2, 0) is 0 Å². The number of pyridine rings is 1. The van der Waals surface area contributed by atoms with Gasteiger partial charge < -0.3 is 10.6 Å². The molecule has 0 saturated carbocycles. The Morgan fingerprint density at radius 3 is 3.06 bits per heavy atom. The maximum atomic E-state index is 5.79. The Morgan fingerprint density at radius 1 is 1.44 bits per heavy atom. The predicted octanol–water partition coefficient (Wildman–Crippen LogP) is 2.68. The lowest BCUT2D eigenvalue weighted by atomic mass is 9.98. The molecule has 88 valence electrons. The molecule has 3 heteroatoms. The summed E-state index contributed by atoms with van der Waals surface area (Å²) in [5.41, 5.74) is 6.60. The Labute approximate surface area is 97.7 Å². The van der Waals surface area contributed by atoms with Gasteiger partial charge in [-0.2, -0.15) is 0 Å². The van der Waals surface area contributed by atoms with E-state index in [1.165, 1.54) is 25.7 Å². The van der Waals surface area contributed by atoms with Crippen molar-refractivity contribution < 1.29 is 0 Å². The number of anilines is 2. The highest BCUT2D eigenvalue weighted by Crippen LogP contribution is 2.23. The van der Waals surface area contributed by atoms with E-state index in [4.69, 9.17) is 5.73 Å². The second-order valence-corrected chi connectivity index (χ2v) is 4.64. The minimum Gasteiger partial charge on any atom is -0.399 e. The Balaban J connectivity index is 2.04. The normalized spacial score (nSPS) is 21.8. The third-order valence-corrected chi connectivity index (χ3v) is 3.52. The molecule has 2 rings (SSSR count). The lowest BCUT2D eigenvalue weighted by molar-refractivity contribution is 0.459. The number of rotatable bonds is 2. The predicted molar refractivity (Wildman–Crippen MR) is 68.5 cm³/mol. The molecule has 1 aliphatic rings. The van der Waals surface area contributed by atoms with Gasteiger partial charge in [0.2, 0.25) is 0 Å². The van der Waals surface area contributed by atoms with Gasteiger partial charge in [-0.1, -0.05) is 13.3 Å². The summed E-state index contributed by atoms with van der Waals surface area (Å²) in [4.78, 5) is 6.77. The zero-order valence-corrected chi connectivity index (χ0v) is 10.0. The van der Waals surface area contributed by atoms with Crippen LogP contribution in [0.3, 0.4) is 0 Å². The van der Waals surface area contributed by atoms with Gasteiger partial charge in [0.25, 0.3) is 0 Å². The summed E-state index contributed by atoms with van der Waals surface area (Å²) in [6.07, 6.45) is 7.02. The Hall–Kier alpha value is -1.25. The van der Waals surface area contributed by atoms with E-state index in [1.807, 2.05) is 12.1 Å². The number of hydrogen-bond acceptors (Lipinski definition) is 3. The van der Waals surface area contributed by atoms with E-state index in [0.717, 1.165) is 30.5 Å². The third kappa shape index (κ3) is 2.65. The van der Waals surface area contributed by atoms with E-state index in [9.17, 15) is 0 Å². The molecule has 3 nitrogen and oxygen atoms in total. The van der Waals surface area contributed by atoms with Gasteiger partial charge in [-0.15, -0.1) is 0 Å². The molecule has 1 unspecified atom stereocenters. The van der Waals surface area contributed by atoms with Gasteiger partial charge in [-0.3, -0.25) is 0 Å². The molecule has 0 radical (unpaired) electrons. The first-order chi connectivity index (χ1) is 7.79. The first kappa shape index (κ1) is 11.2. The van der Waals surface area contributed by atoms with Gasteiger partial charge in [0.05, 0.1) is 0 Å². The summed E-state index contributed by atoms with van der Waals surface area (Å²) >= 11 is 0. The van der Waals surface area contributed by atoms with E-state index in [-0.39, 0.29) is 0 Å². The molecule has 1 aromatic rings. The van der Waals surface area contributed by atoms with Crippen LogP contribution in [0.5, 0.6) is 0 Å². The van der Waals surface area contributed by atoms with Crippen LogP contribution >= 0.6 is 0 Å². The van der Waals surface area contributed by atoms with Crippen molar-refractivity contribution in [3.05, 3.63) is 18.3 Å². The average Bonchev–Trinajstić information content (AvgIpc) is 2.54. The molecule has 0 spiro atoms. The smallest absolute Gasteiger partial charge is 0.130 e. The second-order valence-electron chi connectivity index (χ2n) is 4.64. The van der Waals surface area contributed by atoms with Crippen molar-refractivity contribution in [2.45, 2.75) is 32.6 Å². The van der Waals surface area contributed by atoms with Crippen LogP contribution in [0.2, 0.25) is 0 Å². The van der Waals surface area contributed by atoms with E-state index in [0.29, 0.717) is 0 Å². The van der Waals surface area contributed by atoms with Gasteiger partial charge in [0, 0.05) is 31.0 Å². The highest BCUT2D eigenvalue weighted by atomic mass is 15.2. The number of nitrogens with zero attached hydrogens (tertiary/aromatic N) is 2. The molecule has 1 atom stereocenters. The molecule has 0 aliphatic carbocycles. The molecule has 2 heterocycles. The molecule has 1 saturated heterocycles. The number of hydrogen-bond donors (Lipinski definition) is 1. The van der Waals surface area contributed by atoms with Gasteiger partial charge >= 0.3 is 0 Å². The lowest BCUT2D eigenvalue weighted by Gasteiger charge is -2.21. The van der Waals surface area contributed by atoms with Crippen molar-refractivity contribution in [1.82, 2.24) is 4.98 Å². The Bertz CT molecular complexity index is 338. The molecule has 0 aromatic carbocycles. The highest BCUT2D eigenvalue weighted by molar-refractivity contribution is 5.50. The fraction of sp³-hybridized carbons (Fsp3) is 0.615. The summed E-state index contributed by atoms with van der Waals surface area (Å²) in [6.45, 7) is 4.53. The summed E-state index contributed by atoms with van der Waals surface area (Å²) in [5.74, 6) is 1.93. The quantitative estimate of drug-likeness (QED) is 0.831. The highest BCUT2D eigenvalue weighted by Gasteiger charge is 2.16. The van der Waals surface area contributed by atoms with Crippen LogP contribution in [-0.4, -0.2) is 18.1 Å². The van der Waals surface area contributed by atoms with Crippen LogP contribution in [0.15, 0.2) is 18.3 Å². The first-order valence-electron chi connectivity index (χ1n) is 6.26. The summed E-state index contributed by atoms with van der Waals surface area (Å²) in [5, 5.41) is 0. The number of nitrogen functional groups attached to an aromatic ring is 1.